The van der Waals surface area contributed by atoms with Gasteiger partial charge in [-0.1, -0.05) is 39.7 Å². The third-order valence-electron chi connectivity index (χ3n) is 3.60. The highest BCUT2D eigenvalue weighted by Crippen LogP contribution is 2.39. The van der Waals surface area contributed by atoms with Crippen molar-refractivity contribution in [2.75, 3.05) is 5.32 Å². The van der Waals surface area contributed by atoms with Gasteiger partial charge in [0.1, 0.15) is 0 Å². The molecule has 0 saturated heterocycles. The molecule has 0 aliphatic heterocycles. The van der Waals surface area contributed by atoms with Crippen molar-refractivity contribution in [1.82, 2.24) is 4.98 Å². The number of benzene rings is 1. The van der Waals surface area contributed by atoms with E-state index in [4.69, 9.17) is 11.6 Å². The van der Waals surface area contributed by atoms with Crippen molar-refractivity contribution in [2.45, 2.75) is 24.8 Å². The molecule has 1 saturated carbocycles. The van der Waals surface area contributed by atoms with Crippen molar-refractivity contribution in [1.29, 1.82) is 0 Å². The predicted octanol–water partition coefficient (Wildman–Crippen LogP) is 4.86. The number of nitrogens with zero attached hydrogens (tertiary/aromatic N) is 1. The van der Waals surface area contributed by atoms with E-state index in [0.717, 1.165) is 23.0 Å². The molecule has 4 heteroatoms. The minimum atomic E-state index is 0.496. The molecule has 1 aliphatic carbocycles. The number of rotatable bonds is 3. The molecule has 0 unspecified atom stereocenters. The van der Waals surface area contributed by atoms with Crippen LogP contribution in [0.25, 0.3) is 0 Å². The maximum atomic E-state index is 6.04. The number of pyridine rings is 1. The Bertz CT molecular complexity index is 565. The second-order valence-corrected chi connectivity index (χ2v) is 6.18. The van der Waals surface area contributed by atoms with Crippen LogP contribution in [0.3, 0.4) is 0 Å². The van der Waals surface area contributed by atoms with E-state index in [-0.39, 0.29) is 0 Å². The first kappa shape index (κ1) is 12.9. The summed E-state index contributed by atoms with van der Waals surface area (Å²) in [6.07, 6.45) is 4.00. The lowest BCUT2D eigenvalue weighted by Crippen LogP contribution is -2.34. The van der Waals surface area contributed by atoms with Gasteiger partial charge in [-0.2, -0.15) is 0 Å². The van der Waals surface area contributed by atoms with Gasteiger partial charge in [-0.25, -0.2) is 4.98 Å². The largest absolute Gasteiger partial charge is 0.380 e. The standard InChI is InChI=1S/C15H14BrClN2/c16-12-5-3-10(4-6-12)11-8-13(9-11)19-14-2-1-7-18-15(14)17/h1-7,11,13,19H,8-9H2. The van der Waals surface area contributed by atoms with Crippen LogP contribution in [0.4, 0.5) is 5.69 Å². The van der Waals surface area contributed by atoms with Crippen molar-refractivity contribution in [3.63, 3.8) is 0 Å². The van der Waals surface area contributed by atoms with E-state index < -0.39 is 0 Å². The van der Waals surface area contributed by atoms with Crippen LogP contribution in [0.1, 0.15) is 24.3 Å². The summed E-state index contributed by atoms with van der Waals surface area (Å²) in [4.78, 5) is 4.08. The minimum Gasteiger partial charge on any atom is -0.380 e. The summed E-state index contributed by atoms with van der Waals surface area (Å²) in [5, 5.41) is 4.00. The van der Waals surface area contributed by atoms with E-state index in [9.17, 15) is 0 Å². The Labute approximate surface area is 126 Å². The predicted molar refractivity (Wildman–Crippen MR) is 82.8 cm³/mol. The Morgan fingerprint density at radius 2 is 1.89 bits per heavy atom. The zero-order valence-corrected chi connectivity index (χ0v) is 12.7. The highest BCUT2D eigenvalue weighted by Gasteiger charge is 2.30. The summed E-state index contributed by atoms with van der Waals surface area (Å²) in [6.45, 7) is 0. The lowest BCUT2D eigenvalue weighted by molar-refractivity contribution is 0.374. The molecule has 1 N–H and O–H groups in total. The average molecular weight is 338 g/mol. The summed E-state index contributed by atoms with van der Waals surface area (Å²) in [6, 6.07) is 13.0. The van der Waals surface area contributed by atoms with Gasteiger partial charge in [0.15, 0.2) is 5.15 Å². The lowest BCUT2D eigenvalue weighted by atomic mass is 9.76. The SMILES string of the molecule is Clc1ncccc1NC1CC(c2ccc(Br)cc2)C1. The normalized spacial score (nSPS) is 21.8. The summed E-state index contributed by atoms with van der Waals surface area (Å²) in [5.41, 5.74) is 2.35. The topological polar surface area (TPSA) is 24.9 Å². The number of halogens is 2. The number of aromatic nitrogens is 1. The van der Waals surface area contributed by atoms with E-state index in [0.29, 0.717) is 17.1 Å². The molecule has 0 spiro atoms. The van der Waals surface area contributed by atoms with Crippen molar-refractivity contribution in [3.05, 3.63) is 57.8 Å². The fraction of sp³-hybridized carbons (Fsp3) is 0.267. The first-order valence-electron chi connectivity index (χ1n) is 6.35. The van der Waals surface area contributed by atoms with E-state index >= 15 is 0 Å². The Morgan fingerprint density at radius 3 is 2.58 bits per heavy atom. The molecule has 98 valence electrons. The molecule has 3 rings (SSSR count). The molecule has 0 atom stereocenters. The highest BCUT2D eigenvalue weighted by atomic mass is 79.9. The third kappa shape index (κ3) is 2.93. The van der Waals surface area contributed by atoms with Gasteiger partial charge in [0.2, 0.25) is 0 Å². The molecule has 1 aliphatic rings. The molecule has 1 aromatic carbocycles. The first-order chi connectivity index (χ1) is 9.22. The van der Waals surface area contributed by atoms with Crippen LogP contribution < -0.4 is 5.32 Å². The molecular weight excluding hydrogens is 324 g/mol. The molecule has 1 aromatic heterocycles. The van der Waals surface area contributed by atoms with E-state index in [2.05, 4.69) is 50.5 Å². The second-order valence-electron chi connectivity index (χ2n) is 4.90. The van der Waals surface area contributed by atoms with Gasteiger partial charge in [0.05, 0.1) is 5.69 Å². The Kier molecular flexibility index (Phi) is 3.76. The van der Waals surface area contributed by atoms with Crippen LogP contribution >= 0.6 is 27.5 Å². The van der Waals surface area contributed by atoms with Crippen molar-refractivity contribution in [3.8, 4) is 0 Å². The minimum absolute atomic E-state index is 0.496. The fourth-order valence-corrected chi connectivity index (χ4v) is 2.89. The van der Waals surface area contributed by atoms with Gasteiger partial charge in [0, 0.05) is 16.7 Å². The number of anilines is 1. The second kappa shape index (κ2) is 5.51. The molecule has 19 heavy (non-hydrogen) atoms. The fourth-order valence-electron chi connectivity index (χ4n) is 2.46. The molecule has 1 heterocycles. The summed E-state index contributed by atoms with van der Waals surface area (Å²) < 4.78 is 1.13. The van der Waals surface area contributed by atoms with Crippen LogP contribution in [0.5, 0.6) is 0 Å². The van der Waals surface area contributed by atoms with E-state index in [1.807, 2.05) is 12.1 Å². The molecular formula is C15H14BrClN2. The molecule has 0 bridgehead atoms. The van der Waals surface area contributed by atoms with Crippen LogP contribution in [0.2, 0.25) is 5.15 Å². The van der Waals surface area contributed by atoms with Gasteiger partial charge >= 0.3 is 0 Å². The Morgan fingerprint density at radius 1 is 1.16 bits per heavy atom. The summed E-state index contributed by atoms with van der Waals surface area (Å²) in [5.74, 6) is 0.654. The first-order valence-corrected chi connectivity index (χ1v) is 7.52. The quantitative estimate of drug-likeness (QED) is 0.809. The molecule has 1 fully saturated rings. The van der Waals surface area contributed by atoms with Crippen molar-refractivity contribution >= 4 is 33.2 Å². The van der Waals surface area contributed by atoms with Crippen LogP contribution in [-0.2, 0) is 0 Å². The lowest BCUT2D eigenvalue weighted by Gasteiger charge is -2.37. The van der Waals surface area contributed by atoms with Crippen molar-refractivity contribution < 1.29 is 0 Å². The Balaban J connectivity index is 1.58. The van der Waals surface area contributed by atoms with Gasteiger partial charge in [-0.15, -0.1) is 0 Å². The van der Waals surface area contributed by atoms with Crippen LogP contribution in [0.15, 0.2) is 47.1 Å². The molecule has 0 amide bonds. The Hall–Kier alpha value is -1.06. The number of hydrogen-bond donors (Lipinski definition) is 1. The van der Waals surface area contributed by atoms with E-state index in [1.54, 1.807) is 6.20 Å². The zero-order valence-electron chi connectivity index (χ0n) is 10.3. The summed E-state index contributed by atoms with van der Waals surface area (Å²) >= 11 is 9.51. The maximum absolute atomic E-state index is 6.04. The smallest absolute Gasteiger partial charge is 0.152 e. The zero-order chi connectivity index (χ0) is 13.2. The van der Waals surface area contributed by atoms with Crippen LogP contribution in [-0.4, -0.2) is 11.0 Å². The maximum Gasteiger partial charge on any atom is 0.152 e. The van der Waals surface area contributed by atoms with Gasteiger partial charge in [0.25, 0.3) is 0 Å². The molecule has 2 aromatic rings. The van der Waals surface area contributed by atoms with Gasteiger partial charge in [-0.3, -0.25) is 0 Å². The summed E-state index contributed by atoms with van der Waals surface area (Å²) in [7, 11) is 0. The average Bonchev–Trinajstić information content (AvgIpc) is 2.37. The van der Waals surface area contributed by atoms with Gasteiger partial charge in [-0.05, 0) is 48.6 Å². The third-order valence-corrected chi connectivity index (χ3v) is 4.43. The van der Waals surface area contributed by atoms with E-state index in [1.165, 1.54) is 5.56 Å². The highest BCUT2D eigenvalue weighted by molar-refractivity contribution is 9.10. The molecule has 2 nitrogen and oxygen atoms in total. The number of nitrogens with one attached hydrogen (secondary N) is 1. The van der Waals surface area contributed by atoms with Crippen LogP contribution in [0, 0.1) is 0 Å². The van der Waals surface area contributed by atoms with Crippen molar-refractivity contribution in [2.24, 2.45) is 0 Å². The monoisotopic (exact) mass is 336 g/mol. The van der Waals surface area contributed by atoms with Gasteiger partial charge < -0.3 is 5.32 Å². The number of hydrogen-bond acceptors (Lipinski definition) is 2. The molecule has 0 radical (unpaired) electrons.